The normalized spacial score (nSPS) is 10.5. The van der Waals surface area contributed by atoms with Crippen LogP contribution in [0.5, 0.6) is 0 Å². The van der Waals surface area contributed by atoms with Crippen molar-refractivity contribution in [3.05, 3.63) is 53.6 Å². The molecule has 7 nitrogen and oxygen atoms in total. The Hall–Kier alpha value is -2.96. The quantitative estimate of drug-likeness (QED) is 0.674. The topological polar surface area (TPSA) is 99.3 Å². The lowest BCUT2D eigenvalue weighted by Gasteiger charge is -2.07. The summed E-state index contributed by atoms with van der Waals surface area (Å²) in [5, 5.41) is 16.4. The van der Waals surface area contributed by atoms with E-state index in [1.807, 2.05) is 31.2 Å². The second-order valence-corrected chi connectivity index (χ2v) is 4.60. The number of aromatic nitrogens is 5. The van der Waals surface area contributed by atoms with E-state index in [4.69, 9.17) is 0 Å². The van der Waals surface area contributed by atoms with Gasteiger partial charge in [0.2, 0.25) is 0 Å². The van der Waals surface area contributed by atoms with Crippen LogP contribution in [-0.4, -0.2) is 31.3 Å². The molecule has 2 aromatic heterocycles. The summed E-state index contributed by atoms with van der Waals surface area (Å²) in [7, 11) is 0. The van der Waals surface area contributed by atoms with Gasteiger partial charge in [-0.25, -0.2) is 4.98 Å². The van der Waals surface area contributed by atoms with E-state index in [1.54, 1.807) is 6.07 Å². The van der Waals surface area contributed by atoms with Crippen LogP contribution in [0, 0.1) is 6.92 Å². The van der Waals surface area contributed by atoms with Gasteiger partial charge >= 0.3 is 0 Å². The molecule has 1 amide bonds. The molecule has 21 heavy (non-hydrogen) atoms. The summed E-state index contributed by atoms with van der Waals surface area (Å²) in [6.45, 7) is 2.28. The van der Waals surface area contributed by atoms with E-state index in [0.717, 1.165) is 11.4 Å². The Bertz CT molecular complexity index is 746. The van der Waals surface area contributed by atoms with Crippen molar-refractivity contribution in [1.29, 1.82) is 0 Å². The van der Waals surface area contributed by atoms with Crippen LogP contribution in [0.4, 0.5) is 0 Å². The van der Waals surface area contributed by atoms with Gasteiger partial charge in [-0.1, -0.05) is 18.2 Å². The van der Waals surface area contributed by atoms with Gasteiger partial charge in [0.15, 0.2) is 5.82 Å². The molecule has 3 aromatic rings. The number of carbonyl (C=O) groups excluding carboxylic acids is 1. The van der Waals surface area contributed by atoms with E-state index in [0.29, 0.717) is 23.5 Å². The number of carbonyl (C=O) groups is 1. The molecule has 3 N–H and O–H groups in total. The van der Waals surface area contributed by atoms with Gasteiger partial charge < -0.3 is 5.32 Å². The van der Waals surface area contributed by atoms with Crippen molar-refractivity contribution in [2.75, 3.05) is 0 Å². The number of hydrogen-bond acceptors (Lipinski definition) is 4. The summed E-state index contributed by atoms with van der Waals surface area (Å²) >= 11 is 0. The summed E-state index contributed by atoms with van der Waals surface area (Å²) in [4.78, 5) is 16.4. The zero-order valence-electron chi connectivity index (χ0n) is 11.4. The largest absolute Gasteiger partial charge is 0.346 e. The average molecular weight is 282 g/mol. The maximum Gasteiger partial charge on any atom is 0.252 e. The Labute approximate surface area is 120 Å². The van der Waals surface area contributed by atoms with E-state index < -0.39 is 0 Å². The number of nitrogens with one attached hydrogen (secondary N) is 3. The number of rotatable bonds is 4. The molecular formula is C14H14N6O. The minimum absolute atomic E-state index is 0.178. The van der Waals surface area contributed by atoms with Gasteiger partial charge in [0, 0.05) is 11.3 Å². The molecule has 0 spiro atoms. The highest BCUT2D eigenvalue weighted by molar-refractivity contribution is 6.00. The molecule has 3 rings (SSSR count). The number of benzene rings is 1. The molecule has 7 heteroatoms. The molecule has 0 aliphatic rings. The van der Waals surface area contributed by atoms with Crippen molar-refractivity contribution in [2.24, 2.45) is 0 Å². The summed E-state index contributed by atoms with van der Waals surface area (Å²) in [5.74, 6) is 0.388. The Balaban J connectivity index is 1.79. The molecule has 106 valence electrons. The van der Waals surface area contributed by atoms with Crippen LogP contribution >= 0.6 is 0 Å². The van der Waals surface area contributed by atoms with Gasteiger partial charge in [0.1, 0.15) is 6.33 Å². The third-order valence-electron chi connectivity index (χ3n) is 3.03. The molecule has 2 heterocycles. The highest BCUT2D eigenvalue weighted by Gasteiger charge is 2.14. The van der Waals surface area contributed by atoms with E-state index in [1.165, 1.54) is 6.33 Å². The first kappa shape index (κ1) is 13.0. The third kappa shape index (κ3) is 2.81. The monoisotopic (exact) mass is 282 g/mol. The lowest BCUT2D eigenvalue weighted by atomic mass is 10.1. The number of H-pyrrole nitrogens is 2. The van der Waals surface area contributed by atoms with Gasteiger partial charge in [0.05, 0.1) is 17.8 Å². The molecule has 0 radical (unpaired) electrons. The van der Waals surface area contributed by atoms with Crippen molar-refractivity contribution >= 4 is 5.91 Å². The minimum Gasteiger partial charge on any atom is -0.346 e. The smallest absolute Gasteiger partial charge is 0.252 e. The summed E-state index contributed by atoms with van der Waals surface area (Å²) in [5.41, 5.74) is 3.01. The van der Waals surface area contributed by atoms with Crippen LogP contribution in [0.2, 0.25) is 0 Å². The van der Waals surface area contributed by atoms with Crippen LogP contribution in [0.3, 0.4) is 0 Å². The number of aromatic amines is 2. The van der Waals surface area contributed by atoms with Crippen molar-refractivity contribution < 1.29 is 4.79 Å². The van der Waals surface area contributed by atoms with Crippen LogP contribution in [0.1, 0.15) is 21.7 Å². The molecule has 0 saturated heterocycles. The zero-order valence-corrected chi connectivity index (χ0v) is 11.4. The maximum absolute atomic E-state index is 12.3. The van der Waals surface area contributed by atoms with Crippen molar-refractivity contribution in [2.45, 2.75) is 13.5 Å². The first-order valence-corrected chi connectivity index (χ1v) is 6.48. The number of nitrogens with zero attached hydrogens (tertiary/aromatic N) is 3. The summed E-state index contributed by atoms with van der Waals surface area (Å²) < 4.78 is 0. The van der Waals surface area contributed by atoms with Gasteiger partial charge in [-0.15, -0.1) is 0 Å². The van der Waals surface area contributed by atoms with Crippen molar-refractivity contribution in [1.82, 2.24) is 30.7 Å². The molecule has 0 bridgehead atoms. The number of hydrogen-bond donors (Lipinski definition) is 3. The van der Waals surface area contributed by atoms with E-state index in [9.17, 15) is 4.79 Å². The second kappa shape index (κ2) is 5.58. The van der Waals surface area contributed by atoms with Gasteiger partial charge in [-0.2, -0.15) is 10.2 Å². The Kier molecular flexibility index (Phi) is 3.46. The molecule has 1 aromatic carbocycles. The lowest BCUT2D eigenvalue weighted by Crippen LogP contribution is -2.23. The number of aryl methyl sites for hydroxylation is 1. The Morgan fingerprint density at radius 1 is 1.29 bits per heavy atom. The zero-order chi connectivity index (χ0) is 14.7. The fourth-order valence-corrected chi connectivity index (χ4v) is 2.05. The molecular weight excluding hydrogens is 268 g/mol. The maximum atomic E-state index is 12.3. The summed E-state index contributed by atoms with van der Waals surface area (Å²) in [6, 6.07) is 9.14. The highest BCUT2D eigenvalue weighted by Crippen LogP contribution is 2.19. The van der Waals surface area contributed by atoms with Crippen molar-refractivity contribution in [3.63, 3.8) is 0 Å². The van der Waals surface area contributed by atoms with Gasteiger partial charge in [-0.05, 0) is 19.1 Å². The predicted molar refractivity (Wildman–Crippen MR) is 76.3 cm³/mol. The lowest BCUT2D eigenvalue weighted by molar-refractivity contribution is 0.0951. The molecule has 0 atom stereocenters. The van der Waals surface area contributed by atoms with Crippen LogP contribution in [0.15, 0.2) is 36.7 Å². The first-order chi connectivity index (χ1) is 10.2. The molecule has 0 unspecified atom stereocenters. The van der Waals surface area contributed by atoms with Crippen molar-refractivity contribution in [3.8, 4) is 11.4 Å². The second-order valence-electron chi connectivity index (χ2n) is 4.60. The SMILES string of the molecule is Cc1cc(CNC(=O)c2ccccc2-c2ncn[nH]2)n[nH]1. The van der Waals surface area contributed by atoms with E-state index in [2.05, 4.69) is 30.7 Å². The van der Waals surface area contributed by atoms with Gasteiger partial charge in [0.25, 0.3) is 5.91 Å². The average Bonchev–Trinajstić information content (AvgIpc) is 3.16. The molecule has 0 saturated carbocycles. The fraction of sp³-hybridized carbons (Fsp3) is 0.143. The Morgan fingerprint density at radius 2 is 2.14 bits per heavy atom. The van der Waals surface area contributed by atoms with Crippen LogP contribution in [0.25, 0.3) is 11.4 Å². The molecule has 0 aliphatic heterocycles. The predicted octanol–water partition coefficient (Wildman–Crippen LogP) is 1.43. The third-order valence-corrected chi connectivity index (χ3v) is 3.03. The highest BCUT2D eigenvalue weighted by atomic mass is 16.1. The molecule has 0 fully saturated rings. The van der Waals surface area contributed by atoms with E-state index >= 15 is 0 Å². The van der Waals surface area contributed by atoms with E-state index in [-0.39, 0.29) is 5.91 Å². The Morgan fingerprint density at radius 3 is 2.86 bits per heavy atom. The van der Waals surface area contributed by atoms with Crippen LogP contribution < -0.4 is 5.32 Å². The minimum atomic E-state index is -0.178. The number of amides is 1. The summed E-state index contributed by atoms with van der Waals surface area (Å²) in [6.07, 6.45) is 1.41. The molecule has 0 aliphatic carbocycles. The first-order valence-electron chi connectivity index (χ1n) is 6.48. The fourth-order valence-electron chi connectivity index (χ4n) is 2.05. The van der Waals surface area contributed by atoms with Gasteiger partial charge in [-0.3, -0.25) is 15.0 Å². The van der Waals surface area contributed by atoms with Crippen LogP contribution in [-0.2, 0) is 6.54 Å². The standard InChI is InChI=1S/C14H14N6O/c1-9-6-10(19-18-9)7-15-14(21)12-5-3-2-4-11(12)13-16-8-17-20-13/h2-6,8H,7H2,1H3,(H,15,21)(H,18,19)(H,16,17,20).